The van der Waals surface area contributed by atoms with Gasteiger partial charge >= 0.3 is 0 Å². The molecule has 3 aromatic carbocycles. The van der Waals surface area contributed by atoms with Gasteiger partial charge in [-0.25, -0.2) is 0 Å². The molecule has 0 aliphatic heterocycles. The molecule has 0 bridgehead atoms. The van der Waals surface area contributed by atoms with Crippen LogP contribution in [0.1, 0.15) is 24.0 Å². The molecule has 4 rings (SSSR count). The van der Waals surface area contributed by atoms with E-state index in [1.54, 1.807) is 0 Å². The topological polar surface area (TPSA) is 79.5 Å². The van der Waals surface area contributed by atoms with Crippen LogP contribution in [0.4, 0.5) is 17.1 Å². The Morgan fingerprint density at radius 3 is 2.45 bits per heavy atom. The minimum Gasteiger partial charge on any atom is -0.493 e. The Morgan fingerprint density at radius 1 is 0.909 bits per heavy atom. The van der Waals surface area contributed by atoms with Crippen LogP contribution in [0.3, 0.4) is 0 Å². The second-order valence-corrected chi connectivity index (χ2v) is 8.26. The van der Waals surface area contributed by atoms with E-state index >= 15 is 0 Å². The molecular weight excluding hydrogens is 414 g/mol. The van der Waals surface area contributed by atoms with Gasteiger partial charge in [0.05, 0.1) is 13.2 Å². The minimum absolute atomic E-state index is 0.0684. The standard InChI is InChI=1S/C27H29N3O3/c1-19-24(11-6-12-25(19)30-27(32)21-13-14-21)28-18-26(31)29-22-9-5-10-23(17-22)33-16-15-20-7-3-2-4-8-20/h2-12,17,21,28H,13-16,18H2,1H3,(H,29,31)(H,30,32). The van der Waals surface area contributed by atoms with Crippen molar-refractivity contribution in [3.8, 4) is 5.75 Å². The first kappa shape index (κ1) is 22.4. The first-order chi connectivity index (χ1) is 16.1. The molecule has 0 unspecified atom stereocenters. The summed E-state index contributed by atoms with van der Waals surface area (Å²) in [6, 6.07) is 23.2. The first-order valence-corrected chi connectivity index (χ1v) is 11.3. The van der Waals surface area contributed by atoms with Gasteiger partial charge in [-0.2, -0.15) is 0 Å². The van der Waals surface area contributed by atoms with Crippen LogP contribution in [0, 0.1) is 12.8 Å². The van der Waals surface area contributed by atoms with E-state index in [0.717, 1.165) is 36.2 Å². The van der Waals surface area contributed by atoms with Crippen molar-refractivity contribution in [1.82, 2.24) is 0 Å². The molecule has 3 aromatic rings. The van der Waals surface area contributed by atoms with E-state index in [0.29, 0.717) is 18.0 Å². The van der Waals surface area contributed by atoms with Crippen LogP contribution in [-0.2, 0) is 16.0 Å². The maximum Gasteiger partial charge on any atom is 0.243 e. The maximum absolute atomic E-state index is 12.5. The van der Waals surface area contributed by atoms with E-state index in [-0.39, 0.29) is 24.3 Å². The highest BCUT2D eigenvalue weighted by Gasteiger charge is 2.29. The van der Waals surface area contributed by atoms with E-state index < -0.39 is 0 Å². The van der Waals surface area contributed by atoms with E-state index in [9.17, 15) is 9.59 Å². The summed E-state index contributed by atoms with van der Waals surface area (Å²) in [5.74, 6) is 0.763. The Balaban J connectivity index is 1.26. The highest BCUT2D eigenvalue weighted by atomic mass is 16.5. The highest BCUT2D eigenvalue weighted by Crippen LogP contribution is 2.31. The quantitative estimate of drug-likeness (QED) is 0.411. The third kappa shape index (κ3) is 6.59. The lowest BCUT2D eigenvalue weighted by molar-refractivity contribution is -0.117. The van der Waals surface area contributed by atoms with Crippen molar-refractivity contribution in [2.75, 3.05) is 29.1 Å². The van der Waals surface area contributed by atoms with Crippen LogP contribution in [0.5, 0.6) is 5.75 Å². The summed E-state index contributed by atoms with van der Waals surface area (Å²) in [6.45, 7) is 2.61. The SMILES string of the molecule is Cc1c(NCC(=O)Nc2cccc(OCCc3ccccc3)c2)cccc1NC(=O)C1CC1. The Kier molecular flexibility index (Phi) is 7.25. The second kappa shape index (κ2) is 10.7. The molecule has 170 valence electrons. The number of nitrogens with one attached hydrogen (secondary N) is 3. The molecule has 1 fully saturated rings. The third-order valence-electron chi connectivity index (χ3n) is 5.60. The Bertz CT molecular complexity index is 1110. The smallest absolute Gasteiger partial charge is 0.243 e. The number of hydrogen-bond acceptors (Lipinski definition) is 4. The van der Waals surface area contributed by atoms with Crippen molar-refractivity contribution in [2.24, 2.45) is 5.92 Å². The monoisotopic (exact) mass is 443 g/mol. The zero-order valence-corrected chi connectivity index (χ0v) is 18.8. The fourth-order valence-electron chi connectivity index (χ4n) is 3.52. The number of rotatable bonds is 10. The van der Waals surface area contributed by atoms with Crippen molar-refractivity contribution in [3.05, 3.63) is 83.9 Å². The van der Waals surface area contributed by atoms with Gasteiger partial charge in [0.2, 0.25) is 11.8 Å². The predicted molar refractivity (Wildman–Crippen MR) is 132 cm³/mol. The molecule has 0 saturated heterocycles. The van der Waals surface area contributed by atoms with E-state index in [1.807, 2.05) is 67.6 Å². The molecule has 0 radical (unpaired) electrons. The molecule has 1 saturated carbocycles. The van der Waals surface area contributed by atoms with E-state index in [2.05, 4.69) is 28.1 Å². The molecule has 6 heteroatoms. The van der Waals surface area contributed by atoms with Crippen LogP contribution in [0.2, 0.25) is 0 Å². The number of carbonyl (C=O) groups is 2. The number of carbonyl (C=O) groups excluding carboxylic acids is 2. The lowest BCUT2D eigenvalue weighted by Gasteiger charge is -2.14. The zero-order valence-electron chi connectivity index (χ0n) is 18.8. The average molecular weight is 444 g/mol. The number of hydrogen-bond donors (Lipinski definition) is 3. The molecule has 0 aromatic heterocycles. The molecule has 3 N–H and O–H groups in total. The van der Waals surface area contributed by atoms with Crippen LogP contribution < -0.4 is 20.7 Å². The van der Waals surface area contributed by atoms with Gasteiger partial charge in [0.1, 0.15) is 5.75 Å². The average Bonchev–Trinajstić information content (AvgIpc) is 3.66. The minimum atomic E-state index is -0.164. The van der Waals surface area contributed by atoms with E-state index in [1.165, 1.54) is 5.56 Å². The van der Waals surface area contributed by atoms with Crippen LogP contribution >= 0.6 is 0 Å². The molecule has 0 atom stereocenters. The molecule has 33 heavy (non-hydrogen) atoms. The van der Waals surface area contributed by atoms with Gasteiger partial charge in [-0.05, 0) is 55.2 Å². The summed E-state index contributed by atoms with van der Waals surface area (Å²) in [7, 11) is 0. The third-order valence-corrected chi connectivity index (χ3v) is 5.60. The van der Waals surface area contributed by atoms with Crippen molar-refractivity contribution in [2.45, 2.75) is 26.2 Å². The van der Waals surface area contributed by atoms with Crippen molar-refractivity contribution < 1.29 is 14.3 Å². The number of ether oxygens (including phenoxy) is 1. The molecule has 0 spiro atoms. The van der Waals surface area contributed by atoms with Gasteiger partial charge in [-0.1, -0.05) is 42.5 Å². The number of benzene rings is 3. The summed E-state index contributed by atoms with van der Waals surface area (Å²) in [4.78, 5) is 24.6. The summed E-state index contributed by atoms with van der Waals surface area (Å²) in [5.41, 5.74) is 4.41. The van der Waals surface area contributed by atoms with Crippen LogP contribution in [-0.4, -0.2) is 25.0 Å². The van der Waals surface area contributed by atoms with Crippen LogP contribution in [0.25, 0.3) is 0 Å². The number of anilines is 3. The van der Waals surface area contributed by atoms with Crippen LogP contribution in [0.15, 0.2) is 72.8 Å². The van der Waals surface area contributed by atoms with Gasteiger partial charge in [0.15, 0.2) is 0 Å². The fourth-order valence-corrected chi connectivity index (χ4v) is 3.52. The Labute approximate surface area is 194 Å². The lowest BCUT2D eigenvalue weighted by Crippen LogP contribution is -2.22. The fraction of sp³-hybridized carbons (Fsp3) is 0.259. The molecule has 2 amide bonds. The molecule has 1 aliphatic carbocycles. The summed E-state index contributed by atoms with van der Waals surface area (Å²) in [6.07, 6.45) is 2.74. The summed E-state index contributed by atoms with van der Waals surface area (Å²) >= 11 is 0. The summed E-state index contributed by atoms with van der Waals surface area (Å²) < 4.78 is 5.84. The van der Waals surface area contributed by atoms with Crippen molar-refractivity contribution in [1.29, 1.82) is 0 Å². The lowest BCUT2D eigenvalue weighted by atomic mass is 10.1. The molecule has 0 heterocycles. The van der Waals surface area contributed by atoms with Crippen molar-refractivity contribution >= 4 is 28.9 Å². The predicted octanol–water partition coefficient (Wildman–Crippen LogP) is 5.02. The molecule has 6 nitrogen and oxygen atoms in total. The first-order valence-electron chi connectivity index (χ1n) is 11.3. The molecular formula is C27H29N3O3. The highest BCUT2D eigenvalue weighted by molar-refractivity contribution is 5.96. The second-order valence-electron chi connectivity index (χ2n) is 8.26. The van der Waals surface area contributed by atoms with Gasteiger partial charge in [-0.15, -0.1) is 0 Å². The Morgan fingerprint density at radius 2 is 1.67 bits per heavy atom. The normalized spacial score (nSPS) is 12.6. The van der Waals surface area contributed by atoms with Gasteiger partial charge in [0, 0.05) is 35.5 Å². The largest absolute Gasteiger partial charge is 0.493 e. The van der Waals surface area contributed by atoms with Gasteiger partial charge in [-0.3, -0.25) is 9.59 Å². The van der Waals surface area contributed by atoms with Gasteiger partial charge < -0.3 is 20.7 Å². The molecule has 1 aliphatic rings. The van der Waals surface area contributed by atoms with Crippen molar-refractivity contribution in [3.63, 3.8) is 0 Å². The zero-order chi connectivity index (χ0) is 23.0. The van der Waals surface area contributed by atoms with Gasteiger partial charge in [0.25, 0.3) is 0 Å². The number of amides is 2. The summed E-state index contributed by atoms with van der Waals surface area (Å²) in [5, 5.41) is 9.04. The van der Waals surface area contributed by atoms with E-state index in [4.69, 9.17) is 4.74 Å². The maximum atomic E-state index is 12.5. The Hall–Kier alpha value is -3.80.